The van der Waals surface area contributed by atoms with Crippen molar-refractivity contribution in [2.24, 2.45) is 0 Å². The molecule has 0 saturated heterocycles. The molecule has 0 radical (unpaired) electrons. The average molecular weight is 396 g/mol. The Hall–Kier alpha value is -2.11. The minimum Gasteiger partial charge on any atom is -0.390 e. The molecule has 0 atom stereocenters. The normalized spacial score (nSPS) is 12.4. The van der Waals surface area contributed by atoms with Crippen LogP contribution in [0.4, 0.5) is 0 Å². The van der Waals surface area contributed by atoms with Crippen molar-refractivity contribution in [3.63, 3.8) is 0 Å². The molecule has 1 N–H and O–H groups in total. The van der Waals surface area contributed by atoms with Crippen LogP contribution in [0.1, 0.15) is 45.7 Å². The van der Waals surface area contributed by atoms with E-state index >= 15 is 0 Å². The Morgan fingerprint density at radius 3 is 2.11 bits per heavy atom. The van der Waals surface area contributed by atoms with E-state index < -0.39 is 5.60 Å². The maximum atomic E-state index is 10.1. The number of benzene rings is 2. The van der Waals surface area contributed by atoms with E-state index in [1.54, 1.807) is 0 Å². The van der Waals surface area contributed by atoms with Crippen LogP contribution in [0, 0.1) is 0 Å². The molecule has 4 nitrogen and oxygen atoms in total. The molecule has 148 valence electrons. The zero-order valence-corrected chi connectivity index (χ0v) is 18.1. The van der Waals surface area contributed by atoms with Gasteiger partial charge in [-0.05, 0) is 30.4 Å². The van der Waals surface area contributed by atoms with Gasteiger partial charge in [-0.1, -0.05) is 87.1 Å². The molecular weight excluding hydrogens is 366 g/mol. The minimum absolute atomic E-state index is 0.115. The minimum atomic E-state index is -0.761. The largest absolute Gasteiger partial charge is 0.390 e. The Morgan fingerprint density at radius 1 is 0.893 bits per heavy atom. The molecule has 0 aliphatic carbocycles. The van der Waals surface area contributed by atoms with Gasteiger partial charge in [-0.2, -0.15) is 0 Å². The van der Waals surface area contributed by atoms with Gasteiger partial charge in [0.1, 0.15) is 0 Å². The zero-order valence-electron chi connectivity index (χ0n) is 17.3. The van der Waals surface area contributed by atoms with Crippen molar-refractivity contribution in [1.29, 1.82) is 0 Å². The number of thioether (sulfide) groups is 1. The first kappa shape index (κ1) is 20.6. The second kappa shape index (κ2) is 8.10. The van der Waals surface area contributed by atoms with Crippen molar-refractivity contribution < 1.29 is 5.11 Å². The Kier molecular flexibility index (Phi) is 5.96. The van der Waals surface area contributed by atoms with Crippen LogP contribution in [-0.2, 0) is 12.0 Å². The highest BCUT2D eigenvalue weighted by atomic mass is 32.2. The van der Waals surface area contributed by atoms with E-state index in [1.165, 1.54) is 22.9 Å². The molecule has 28 heavy (non-hydrogen) atoms. The van der Waals surface area contributed by atoms with Crippen molar-refractivity contribution in [2.45, 2.75) is 57.3 Å². The van der Waals surface area contributed by atoms with E-state index in [0.29, 0.717) is 12.3 Å². The second-order valence-corrected chi connectivity index (χ2v) is 9.75. The van der Waals surface area contributed by atoms with Crippen molar-refractivity contribution in [3.05, 3.63) is 65.7 Å². The van der Waals surface area contributed by atoms with Crippen molar-refractivity contribution in [3.8, 4) is 11.4 Å². The average Bonchev–Trinajstić information content (AvgIpc) is 3.02. The molecule has 0 bridgehead atoms. The first-order valence-electron chi connectivity index (χ1n) is 9.57. The lowest BCUT2D eigenvalue weighted by Crippen LogP contribution is -2.22. The Morgan fingerprint density at radius 2 is 1.54 bits per heavy atom. The summed E-state index contributed by atoms with van der Waals surface area (Å²) in [5.41, 5.74) is 2.89. The highest BCUT2D eigenvalue weighted by Crippen LogP contribution is 2.29. The van der Waals surface area contributed by atoms with Gasteiger partial charge in [0.15, 0.2) is 11.0 Å². The summed E-state index contributed by atoms with van der Waals surface area (Å²) in [6.07, 6.45) is 0. The van der Waals surface area contributed by atoms with Crippen LogP contribution < -0.4 is 0 Å². The highest BCUT2D eigenvalue weighted by molar-refractivity contribution is 7.99. The highest BCUT2D eigenvalue weighted by Gasteiger charge is 2.20. The van der Waals surface area contributed by atoms with Gasteiger partial charge in [-0.25, -0.2) is 0 Å². The van der Waals surface area contributed by atoms with E-state index in [2.05, 4.69) is 71.9 Å². The lowest BCUT2D eigenvalue weighted by Gasteiger charge is -2.19. The number of aromatic nitrogens is 3. The van der Waals surface area contributed by atoms with Gasteiger partial charge in [0, 0.05) is 11.3 Å². The predicted octanol–water partition coefficient (Wildman–Crippen LogP) is 5.15. The fourth-order valence-electron chi connectivity index (χ4n) is 2.88. The van der Waals surface area contributed by atoms with Gasteiger partial charge >= 0.3 is 0 Å². The second-order valence-electron chi connectivity index (χ2n) is 8.81. The number of hydrogen-bond donors (Lipinski definition) is 1. The van der Waals surface area contributed by atoms with Crippen LogP contribution in [-0.4, -0.2) is 31.2 Å². The first-order valence-corrected chi connectivity index (χ1v) is 10.6. The molecule has 0 saturated carbocycles. The summed E-state index contributed by atoms with van der Waals surface area (Å²) in [7, 11) is 0. The van der Waals surface area contributed by atoms with Gasteiger partial charge in [0.05, 0.1) is 12.1 Å². The van der Waals surface area contributed by atoms with Crippen LogP contribution >= 0.6 is 11.8 Å². The van der Waals surface area contributed by atoms with Crippen LogP contribution in [0.25, 0.3) is 11.4 Å². The molecule has 2 aromatic carbocycles. The van der Waals surface area contributed by atoms with E-state index in [-0.39, 0.29) is 5.41 Å². The number of aliphatic hydroxyl groups is 1. The molecule has 0 aliphatic rings. The van der Waals surface area contributed by atoms with Crippen LogP contribution in [0.5, 0.6) is 0 Å². The summed E-state index contributed by atoms with van der Waals surface area (Å²) < 4.78 is 2.14. The molecule has 0 amide bonds. The monoisotopic (exact) mass is 395 g/mol. The lowest BCUT2D eigenvalue weighted by atomic mass is 9.87. The molecular formula is C23H29N3OS. The topological polar surface area (TPSA) is 50.9 Å². The molecule has 3 rings (SSSR count). The van der Waals surface area contributed by atoms with Gasteiger partial charge < -0.3 is 5.11 Å². The predicted molar refractivity (Wildman–Crippen MR) is 117 cm³/mol. The molecule has 3 aromatic rings. The Balaban J connectivity index is 1.97. The quantitative estimate of drug-likeness (QED) is 0.586. The third kappa shape index (κ3) is 5.24. The summed E-state index contributed by atoms with van der Waals surface area (Å²) in [6, 6.07) is 18.9. The molecule has 1 aromatic heterocycles. The van der Waals surface area contributed by atoms with Crippen molar-refractivity contribution in [2.75, 3.05) is 5.75 Å². The van der Waals surface area contributed by atoms with E-state index in [4.69, 9.17) is 0 Å². The summed E-state index contributed by atoms with van der Waals surface area (Å²) in [5.74, 6) is 1.41. The summed E-state index contributed by atoms with van der Waals surface area (Å²) in [6.45, 7) is 11.0. The molecule has 1 heterocycles. The maximum absolute atomic E-state index is 10.1. The van der Waals surface area contributed by atoms with Crippen molar-refractivity contribution >= 4 is 11.8 Å². The summed E-state index contributed by atoms with van der Waals surface area (Å²) in [5, 5.41) is 19.8. The standard InChI is InChI=1S/C23H29N3OS/c1-22(2,3)19-13-11-18(12-14-19)20-24-25-21(28-16-23(4,5)27)26(20)15-17-9-7-6-8-10-17/h6-14,27H,15-16H2,1-5H3. The van der Waals surface area contributed by atoms with Crippen LogP contribution in [0.15, 0.2) is 59.8 Å². The fraction of sp³-hybridized carbons (Fsp3) is 0.391. The Labute approximate surface area is 172 Å². The third-order valence-electron chi connectivity index (χ3n) is 4.46. The van der Waals surface area contributed by atoms with E-state index in [1.807, 2.05) is 32.0 Å². The van der Waals surface area contributed by atoms with Gasteiger partial charge in [0.25, 0.3) is 0 Å². The van der Waals surface area contributed by atoms with E-state index in [9.17, 15) is 5.11 Å². The Bertz CT molecular complexity index is 904. The molecule has 0 aliphatic heterocycles. The summed E-state index contributed by atoms with van der Waals surface area (Å²) >= 11 is 1.54. The fourth-order valence-corrected chi connectivity index (χ4v) is 3.77. The number of rotatable bonds is 6. The number of nitrogens with zero attached hydrogens (tertiary/aromatic N) is 3. The SMILES string of the molecule is CC(C)(O)CSc1nnc(-c2ccc(C(C)(C)C)cc2)n1Cc1ccccc1. The lowest BCUT2D eigenvalue weighted by molar-refractivity contribution is 0.107. The molecule has 0 unspecified atom stereocenters. The third-order valence-corrected chi connectivity index (χ3v) is 5.87. The van der Waals surface area contributed by atoms with Crippen LogP contribution in [0.2, 0.25) is 0 Å². The van der Waals surface area contributed by atoms with Gasteiger partial charge in [-0.3, -0.25) is 4.57 Å². The zero-order chi connectivity index (χ0) is 20.4. The smallest absolute Gasteiger partial charge is 0.191 e. The molecule has 0 spiro atoms. The number of hydrogen-bond acceptors (Lipinski definition) is 4. The van der Waals surface area contributed by atoms with Crippen molar-refractivity contribution in [1.82, 2.24) is 14.8 Å². The van der Waals surface area contributed by atoms with E-state index in [0.717, 1.165) is 16.5 Å². The van der Waals surface area contributed by atoms with Gasteiger partial charge in [0.2, 0.25) is 0 Å². The maximum Gasteiger partial charge on any atom is 0.191 e. The molecule has 5 heteroatoms. The van der Waals surface area contributed by atoms with Crippen LogP contribution in [0.3, 0.4) is 0 Å². The van der Waals surface area contributed by atoms with Gasteiger partial charge in [-0.15, -0.1) is 10.2 Å². The first-order chi connectivity index (χ1) is 13.1. The molecule has 0 fully saturated rings. The summed E-state index contributed by atoms with van der Waals surface area (Å²) in [4.78, 5) is 0.